The number of ketones is 1. The van der Waals surface area contributed by atoms with Crippen molar-refractivity contribution in [3.8, 4) is 5.75 Å². The summed E-state index contributed by atoms with van der Waals surface area (Å²) in [6.45, 7) is 2.23. The van der Waals surface area contributed by atoms with E-state index in [0.29, 0.717) is 18.1 Å². The number of hydrogen-bond donors (Lipinski definition) is 0. The molecule has 0 amide bonds. The number of nitro benzene ring substituents is 1. The number of carbonyl (C=O) groups excluding carboxylic acids is 2. The normalized spacial score (nSPS) is 22.1. The van der Waals surface area contributed by atoms with Crippen molar-refractivity contribution in [1.82, 2.24) is 0 Å². The molecule has 0 saturated heterocycles. The molecule has 0 N–H and O–H groups in total. The molecule has 1 saturated carbocycles. The summed E-state index contributed by atoms with van der Waals surface area (Å²) in [6.07, 6.45) is 3.95. The Bertz CT molecular complexity index is 1250. The molecular weight excluding hydrogens is 394 g/mol. The van der Waals surface area contributed by atoms with Crippen LogP contribution < -0.4 is 4.74 Å². The molecule has 0 aliphatic heterocycles. The van der Waals surface area contributed by atoms with E-state index in [9.17, 15) is 19.7 Å². The van der Waals surface area contributed by atoms with Gasteiger partial charge in [0, 0.05) is 24.1 Å². The number of esters is 1. The Kier molecular flexibility index (Phi) is 4.39. The van der Waals surface area contributed by atoms with E-state index in [1.807, 2.05) is 12.1 Å². The van der Waals surface area contributed by atoms with Crippen LogP contribution in [0.15, 0.2) is 54.6 Å². The van der Waals surface area contributed by atoms with E-state index in [2.05, 4.69) is 13.0 Å². The van der Waals surface area contributed by atoms with Crippen molar-refractivity contribution in [1.29, 1.82) is 0 Å². The summed E-state index contributed by atoms with van der Waals surface area (Å²) < 4.78 is 5.47. The van der Waals surface area contributed by atoms with Gasteiger partial charge in [0.05, 0.1) is 10.5 Å². The van der Waals surface area contributed by atoms with Gasteiger partial charge in [0.25, 0.3) is 5.69 Å². The van der Waals surface area contributed by atoms with E-state index in [1.165, 1.54) is 24.3 Å². The highest BCUT2D eigenvalue weighted by molar-refractivity contribution is 6.11. The van der Waals surface area contributed by atoms with Crippen LogP contribution in [-0.2, 0) is 0 Å². The summed E-state index contributed by atoms with van der Waals surface area (Å²) >= 11 is 0. The second kappa shape index (κ2) is 7.01. The maximum absolute atomic E-state index is 13.0. The van der Waals surface area contributed by atoms with Gasteiger partial charge in [-0.15, -0.1) is 0 Å². The standard InChI is InChI=1S/C25H21NO5/c1-25-12-2-3-21(25)20-10-6-16-13-18(9-11-19(16)23(20)22(27)14-25)31-24(28)15-4-7-17(8-5-15)26(29)30/h4-11,13,21H,2-3,12,14H2,1H3. The third kappa shape index (κ3) is 3.19. The summed E-state index contributed by atoms with van der Waals surface area (Å²) in [4.78, 5) is 35.7. The van der Waals surface area contributed by atoms with E-state index in [1.54, 1.807) is 12.1 Å². The van der Waals surface area contributed by atoms with Crippen molar-refractivity contribution in [3.05, 3.63) is 81.4 Å². The molecule has 2 unspecified atom stereocenters. The van der Waals surface area contributed by atoms with Crippen molar-refractivity contribution >= 4 is 28.2 Å². The quantitative estimate of drug-likeness (QED) is 0.233. The zero-order valence-electron chi connectivity index (χ0n) is 17.1. The van der Waals surface area contributed by atoms with E-state index < -0.39 is 10.9 Å². The number of ether oxygens (including phenoxy) is 1. The van der Waals surface area contributed by atoms with Gasteiger partial charge in [-0.3, -0.25) is 14.9 Å². The maximum Gasteiger partial charge on any atom is 0.343 e. The molecule has 6 heteroatoms. The molecule has 0 spiro atoms. The fraction of sp³-hybridized carbons (Fsp3) is 0.280. The van der Waals surface area contributed by atoms with Crippen molar-refractivity contribution in [2.24, 2.45) is 5.41 Å². The van der Waals surface area contributed by atoms with Crippen LogP contribution in [0.4, 0.5) is 5.69 Å². The van der Waals surface area contributed by atoms with Crippen LogP contribution in [0.25, 0.3) is 10.8 Å². The minimum absolute atomic E-state index is 0.0674. The van der Waals surface area contributed by atoms with E-state index >= 15 is 0 Å². The van der Waals surface area contributed by atoms with E-state index in [0.717, 1.165) is 41.2 Å². The van der Waals surface area contributed by atoms with Crippen LogP contribution in [0.3, 0.4) is 0 Å². The molecule has 1 fully saturated rings. The third-order valence-corrected chi connectivity index (χ3v) is 6.85. The van der Waals surface area contributed by atoms with E-state index in [-0.39, 0.29) is 22.4 Å². The summed E-state index contributed by atoms with van der Waals surface area (Å²) in [5, 5.41) is 12.5. The van der Waals surface area contributed by atoms with Crippen LogP contribution in [0.1, 0.15) is 64.8 Å². The average Bonchev–Trinajstić information content (AvgIpc) is 3.14. The molecule has 156 valence electrons. The van der Waals surface area contributed by atoms with Crippen LogP contribution in [0.2, 0.25) is 0 Å². The first-order chi connectivity index (χ1) is 14.9. The summed E-state index contributed by atoms with van der Waals surface area (Å²) in [5.41, 5.74) is 2.18. The van der Waals surface area contributed by atoms with Crippen molar-refractivity contribution in [2.75, 3.05) is 0 Å². The predicted molar refractivity (Wildman–Crippen MR) is 116 cm³/mol. The first-order valence-electron chi connectivity index (χ1n) is 10.4. The molecule has 2 aliphatic rings. The van der Waals surface area contributed by atoms with Gasteiger partial charge in [0.15, 0.2) is 5.78 Å². The fourth-order valence-corrected chi connectivity index (χ4v) is 5.31. The third-order valence-electron chi connectivity index (χ3n) is 6.85. The molecule has 5 rings (SSSR count). The Hall–Kier alpha value is -3.54. The molecule has 0 aromatic heterocycles. The van der Waals surface area contributed by atoms with Crippen molar-refractivity contribution in [3.63, 3.8) is 0 Å². The van der Waals surface area contributed by atoms with Crippen LogP contribution in [0, 0.1) is 15.5 Å². The van der Waals surface area contributed by atoms with Gasteiger partial charge in [0.1, 0.15) is 5.75 Å². The van der Waals surface area contributed by atoms with E-state index in [4.69, 9.17) is 4.74 Å². The zero-order chi connectivity index (χ0) is 21.8. The highest BCUT2D eigenvalue weighted by Crippen LogP contribution is 2.56. The topological polar surface area (TPSA) is 86.5 Å². The zero-order valence-corrected chi connectivity index (χ0v) is 17.1. The minimum Gasteiger partial charge on any atom is -0.423 e. The Morgan fingerprint density at radius 1 is 1.13 bits per heavy atom. The molecule has 3 aromatic rings. The summed E-state index contributed by atoms with van der Waals surface area (Å²) in [6, 6.07) is 14.6. The number of rotatable bonds is 3. The first kappa shape index (κ1) is 19.4. The number of carbonyl (C=O) groups is 2. The highest BCUT2D eigenvalue weighted by Gasteiger charge is 2.46. The summed E-state index contributed by atoms with van der Waals surface area (Å²) in [5.74, 6) is 0.385. The lowest BCUT2D eigenvalue weighted by Gasteiger charge is -2.37. The number of fused-ring (bicyclic) bond motifs is 5. The first-order valence-corrected chi connectivity index (χ1v) is 10.4. The Morgan fingerprint density at radius 2 is 1.90 bits per heavy atom. The molecule has 0 heterocycles. The van der Waals surface area contributed by atoms with Gasteiger partial charge in [-0.1, -0.05) is 25.5 Å². The second-order valence-corrected chi connectivity index (χ2v) is 8.81. The summed E-state index contributed by atoms with van der Waals surface area (Å²) in [7, 11) is 0. The molecular formula is C25H21NO5. The number of non-ortho nitro benzene ring substituents is 1. The lowest BCUT2D eigenvalue weighted by Crippen LogP contribution is -2.30. The molecule has 2 aliphatic carbocycles. The minimum atomic E-state index is -0.593. The number of nitro groups is 1. The lowest BCUT2D eigenvalue weighted by atomic mass is 9.66. The molecule has 2 atom stereocenters. The van der Waals surface area contributed by atoms with Gasteiger partial charge >= 0.3 is 5.97 Å². The van der Waals surface area contributed by atoms with Crippen LogP contribution >= 0.6 is 0 Å². The number of benzene rings is 3. The molecule has 3 aromatic carbocycles. The highest BCUT2D eigenvalue weighted by atomic mass is 16.6. The SMILES string of the molecule is CC12CCCC1c1ccc3cc(OC(=O)c4ccc([N+](=O)[O-])cc4)ccc3c1C(=O)C2. The smallest absolute Gasteiger partial charge is 0.343 e. The Morgan fingerprint density at radius 3 is 2.65 bits per heavy atom. The predicted octanol–water partition coefficient (Wildman–Crippen LogP) is 5.83. The van der Waals surface area contributed by atoms with Gasteiger partial charge in [-0.25, -0.2) is 4.79 Å². The number of Topliss-reactive ketones (excluding diaryl/α,β-unsaturated/α-hetero) is 1. The van der Waals surface area contributed by atoms with Gasteiger partial charge in [-0.05, 0) is 70.8 Å². The Balaban J connectivity index is 1.46. The largest absolute Gasteiger partial charge is 0.423 e. The van der Waals surface area contributed by atoms with Crippen molar-refractivity contribution < 1.29 is 19.2 Å². The van der Waals surface area contributed by atoms with Crippen LogP contribution in [-0.4, -0.2) is 16.7 Å². The number of nitrogens with zero attached hydrogens (tertiary/aromatic N) is 1. The molecule has 31 heavy (non-hydrogen) atoms. The Labute approximate surface area is 179 Å². The monoisotopic (exact) mass is 415 g/mol. The lowest BCUT2D eigenvalue weighted by molar-refractivity contribution is -0.384. The average molecular weight is 415 g/mol. The van der Waals surface area contributed by atoms with Crippen LogP contribution in [0.5, 0.6) is 5.75 Å². The molecule has 0 radical (unpaired) electrons. The van der Waals surface area contributed by atoms with Gasteiger partial charge < -0.3 is 4.74 Å². The van der Waals surface area contributed by atoms with Gasteiger partial charge in [0.2, 0.25) is 0 Å². The maximum atomic E-state index is 13.0. The second-order valence-electron chi connectivity index (χ2n) is 8.81. The molecule has 0 bridgehead atoms. The number of hydrogen-bond acceptors (Lipinski definition) is 5. The van der Waals surface area contributed by atoms with Gasteiger partial charge in [-0.2, -0.15) is 0 Å². The molecule has 6 nitrogen and oxygen atoms in total. The fourth-order valence-electron chi connectivity index (χ4n) is 5.31. The van der Waals surface area contributed by atoms with Crippen molar-refractivity contribution in [2.45, 2.75) is 38.5 Å².